The zero-order chi connectivity index (χ0) is 12.1. The lowest BCUT2D eigenvalue weighted by Gasteiger charge is -2.24. The molecule has 17 heavy (non-hydrogen) atoms. The molecular formula is C14H20N2O. The van der Waals surface area contributed by atoms with Crippen LogP contribution in [0, 0.1) is 17.2 Å². The van der Waals surface area contributed by atoms with Crippen molar-refractivity contribution in [3.63, 3.8) is 0 Å². The molecule has 1 N–H and O–H groups in total. The van der Waals surface area contributed by atoms with Crippen LogP contribution in [0.25, 0.3) is 0 Å². The maximum absolute atomic E-state index is 9.22. The van der Waals surface area contributed by atoms with E-state index in [1.807, 2.05) is 12.1 Å². The number of hydrogen-bond acceptors (Lipinski definition) is 3. The van der Waals surface area contributed by atoms with E-state index in [2.05, 4.69) is 18.3 Å². The maximum Gasteiger partial charge on any atom is 0.120 e. The summed E-state index contributed by atoms with van der Waals surface area (Å²) in [6, 6.07) is 6.83. The molecule has 1 aromatic heterocycles. The highest BCUT2D eigenvalue weighted by atomic mass is 16.3. The van der Waals surface area contributed by atoms with Gasteiger partial charge in [0.2, 0.25) is 0 Å². The molecule has 0 aliphatic heterocycles. The molecule has 0 amide bonds. The van der Waals surface area contributed by atoms with Crippen LogP contribution in [0.15, 0.2) is 22.8 Å². The van der Waals surface area contributed by atoms with Gasteiger partial charge in [-0.2, -0.15) is 5.26 Å². The summed E-state index contributed by atoms with van der Waals surface area (Å²) in [6.45, 7) is 2.10. The Bertz CT molecular complexity index is 366. The SMILES string of the molecule is C[C@H](NC1CCCCCC1C#N)c1ccco1. The average Bonchev–Trinajstić information content (AvgIpc) is 2.78. The first kappa shape index (κ1) is 12.2. The molecule has 1 heterocycles. The monoisotopic (exact) mass is 232 g/mol. The molecule has 2 unspecified atom stereocenters. The van der Waals surface area contributed by atoms with Crippen molar-refractivity contribution >= 4 is 0 Å². The van der Waals surface area contributed by atoms with Crippen molar-refractivity contribution in [2.24, 2.45) is 5.92 Å². The molecule has 0 spiro atoms. The summed E-state index contributed by atoms with van der Waals surface area (Å²) < 4.78 is 5.39. The third-order valence-electron chi connectivity index (χ3n) is 3.62. The smallest absolute Gasteiger partial charge is 0.120 e. The van der Waals surface area contributed by atoms with Crippen molar-refractivity contribution in [1.82, 2.24) is 5.32 Å². The molecule has 1 aliphatic carbocycles. The predicted octanol–water partition coefficient (Wildman–Crippen LogP) is 3.40. The number of hydrogen-bond donors (Lipinski definition) is 1. The van der Waals surface area contributed by atoms with E-state index in [1.165, 1.54) is 19.3 Å². The van der Waals surface area contributed by atoms with Crippen molar-refractivity contribution in [3.8, 4) is 6.07 Å². The highest BCUT2D eigenvalue weighted by Gasteiger charge is 2.25. The first-order valence-corrected chi connectivity index (χ1v) is 6.50. The number of nitriles is 1. The van der Waals surface area contributed by atoms with Crippen molar-refractivity contribution in [2.75, 3.05) is 0 Å². The Labute approximate surface area is 103 Å². The average molecular weight is 232 g/mol. The molecule has 0 aromatic carbocycles. The van der Waals surface area contributed by atoms with E-state index in [-0.39, 0.29) is 12.0 Å². The van der Waals surface area contributed by atoms with Crippen LogP contribution in [0.5, 0.6) is 0 Å². The molecule has 3 atom stereocenters. The van der Waals surface area contributed by atoms with Gasteiger partial charge in [0.1, 0.15) is 5.76 Å². The quantitative estimate of drug-likeness (QED) is 0.812. The summed E-state index contributed by atoms with van der Waals surface area (Å²) >= 11 is 0. The van der Waals surface area contributed by atoms with E-state index in [4.69, 9.17) is 4.42 Å². The Morgan fingerprint density at radius 2 is 2.24 bits per heavy atom. The lowest BCUT2D eigenvalue weighted by Crippen LogP contribution is -2.36. The maximum atomic E-state index is 9.22. The van der Waals surface area contributed by atoms with Crippen molar-refractivity contribution < 1.29 is 4.42 Å². The highest BCUT2D eigenvalue weighted by molar-refractivity contribution is 5.05. The Balaban J connectivity index is 1.98. The van der Waals surface area contributed by atoms with Crippen LogP contribution in [0.4, 0.5) is 0 Å². The molecule has 0 radical (unpaired) electrons. The number of nitrogens with zero attached hydrogens (tertiary/aromatic N) is 1. The third-order valence-corrected chi connectivity index (χ3v) is 3.62. The summed E-state index contributed by atoms with van der Waals surface area (Å²) in [6.07, 6.45) is 7.49. The fourth-order valence-electron chi connectivity index (χ4n) is 2.60. The lowest BCUT2D eigenvalue weighted by molar-refractivity contribution is 0.332. The van der Waals surface area contributed by atoms with Crippen LogP contribution in [-0.4, -0.2) is 6.04 Å². The van der Waals surface area contributed by atoms with Gasteiger partial charge in [0.25, 0.3) is 0 Å². The Kier molecular flexibility index (Phi) is 4.22. The first-order chi connectivity index (χ1) is 8.31. The molecule has 92 valence electrons. The second-order valence-electron chi connectivity index (χ2n) is 4.88. The molecule has 3 heteroatoms. The highest BCUT2D eigenvalue weighted by Crippen LogP contribution is 2.25. The fourth-order valence-corrected chi connectivity index (χ4v) is 2.60. The Morgan fingerprint density at radius 1 is 1.41 bits per heavy atom. The van der Waals surface area contributed by atoms with E-state index < -0.39 is 0 Å². The summed E-state index contributed by atoms with van der Waals surface area (Å²) in [5.74, 6) is 1.10. The van der Waals surface area contributed by atoms with Gasteiger partial charge in [-0.15, -0.1) is 0 Å². The van der Waals surface area contributed by atoms with E-state index in [0.29, 0.717) is 6.04 Å². The van der Waals surface area contributed by atoms with Crippen molar-refractivity contribution in [1.29, 1.82) is 5.26 Å². The van der Waals surface area contributed by atoms with Crippen LogP contribution in [0.1, 0.15) is 50.8 Å². The van der Waals surface area contributed by atoms with Crippen LogP contribution in [-0.2, 0) is 0 Å². The molecule has 2 rings (SSSR count). The van der Waals surface area contributed by atoms with Crippen LogP contribution < -0.4 is 5.32 Å². The summed E-state index contributed by atoms with van der Waals surface area (Å²) in [7, 11) is 0. The van der Waals surface area contributed by atoms with Gasteiger partial charge in [-0.1, -0.05) is 19.3 Å². The Morgan fingerprint density at radius 3 is 2.94 bits per heavy atom. The van der Waals surface area contributed by atoms with Gasteiger partial charge in [-0.05, 0) is 31.9 Å². The van der Waals surface area contributed by atoms with Crippen LogP contribution >= 0.6 is 0 Å². The van der Waals surface area contributed by atoms with Gasteiger partial charge in [0.15, 0.2) is 0 Å². The molecule has 1 aromatic rings. The molecule has 0 saturated heterocycles. The zero-order valence-corrected chi connectivity index (χ0v) is 10.4. The van der Waals surface area contributed by atoms with E-state index in [1.54, 1.807) is 6.26 Å². The standard InChI is InChI=1S/C14H20N2O/c1-11(14-8-5-9-17-14)16-13-7-4-2-3-6-12(13)10-15/h5,8-9,11-13,16H,2-4,6-7H2,1H3/t11-,12?,13?/m0/s1. The number of furan rings is 1. The van der Waals surface area contributed by atoms with E-state index in [0.717, 1.165) is 18.6 Å². The molecule has 1 saturated carbocycles. The summed E-state index contributed by atoms with van der Waals surface area (Å²) in [5.41, 5.74) is 0. The third kappa shape index (κ3) is 3.10. The van der Waals surface area contributed by atoms with Crippen molar-refractivity contribution in [3.05, 3.63) is 24.2 Å². The summed E-state index contributed by atoms with van der Waals surface area (Å²) in [5, 5.41) is 12.8. The number of rotatable bonds is 3. The van der Waals surface area contributed by atoms with Gasteiger partial charge in [-0.25, -0.2) is 0 Å². The minimum Gasteiger partial charge on any atom is -0.468 e. The first-order valence-electron chi connectivity index (χ1n) is 6.50. The fraction of sp³-hybridized carbons (Fsp3) is 0.643. The Hall–Kier alpha value is -1.27. The predicted molar refractivity (Wildman–Crippen MR) is 66.2 cm³/mol. The van der Waals surface area contributed by atoms with Crippen LogP contribution in [0.3, 0.4) is 0 Å². The lowest BCUT2D eigenvalue weighted by atomic mass is 9.95. The van der Waals surface area contributed by atoms with Crippen molar-refractivity contribution in [2.45, 2.75) is 51.1 Å². The van der Waals surface area contributed by atoms with Gasteiger partial charge in [-0.3, -0.25) is 0 Å². The van der Waals surface area contributed by atoms with E-state index >= 15 is 0 Å². The van der Waals surface area contributed by atoms with Crippen LogP contribution in [0.2, 0.25) is 0 Å². The largest absolute Gasteiger partial charge is 0.468 e. The molecule has 1 aliphatic rings. The van der Waals surface area contributed by atoms with E-state index in [9.17, 15) is 5.26 Å². The normalized spacial score (nSPS) is 27.1. The summed E-state index contributed by atoms with van der Waals surface area (Å²) in [4.78, 5) is 0. The minimum absolute atomic E-state index is 0.148. The molecule has 0 bridgehead atoms. The second-order valence-corrected chi connectivity index (χ2v) is 4.88. The zero-order valence-electron chi connectivity index (χ0n) is 10.4. The molecule has 3 nitrogen and oxygen atoms in total. The minimum atomic E-state index is 0.148. The van der Waals surface area contributed by atoms with Gasteiger partial charge < -0.3 is 9.73 Å². The second kappa shape index (κ2) is 5.88. The molecular weight excluding hydrogens is 212 g/mol. The van der Waals surface area contributed by atoms with Gasteiger partial charge in [0, 0.05) is 6.04 Å². The number of nitrogens with one attached hydrogen (secondary N) is 1. The topological polar surface area (TPSA) is 49.0 Å². The molecule has 1 fully saturated rings. The van der Waals surface area contributed by atoms with Gasteiger partial charge >= 0.3 is 0 Å². The van der Waals surface area contributed by atoms with Gasteiger partial charge in [0.05, 0.1) is 24.3 Å².